The number of hydrogen-bond acceptors (Lipinski definition) is 5. The smallest absolute Gasteiger partial charge is 0.160 e. The highest BCUT2D eigenvalue weighted by atomic mass is 16.5. The third-order valence-electron chi connectivity index (χ3n) is 3.40. The second-order valence-corrected chi connectivity index (χ2v) is 4.57. The van der Waals surface area contributed by atoms with Crippen LogP contribution in [0.4, 0.5) is 0 Å². The summed E-state index contributed by atoms with van der Waals surface area (Å²) >= 11 is 0. The molecule has 0 spiro atoms. The van der Waals surface area contributed by atoms with E-state index in [4.69, 9.17) is 15.2 Å². The van der Waals surface area contributed by atoms with Crippen molar-refractivity contribution in [3.05, 3.63) is 23.3 Å². The maximum Gasteiger partial charge on any atom is 0.160 e. The largest absolute Gasteiger partial charge is 0.381 e. The second-order valence-electron chi connectivity index (χ2n) is 4.57. The van der Waals surface area contributed by atoms with Crippen LogP contribution >= 0.6 is 0 Å². The molecule has 0 aromatic carbocycles. The zero-order valence-electron chi connectivity index (χ0n) is 11.1. The average Bonchev–Trinajstić information content (AvgIpc) is 2.40. The highest BCUT2D eigenvalue weighted by molar-refractivity contribution is 5.18. The Balaban J connectivity index is 2.35. The lowest BCUT2D eigenvalue weighted by Gasteiger charge is -2.35. The summed E-state index contributed by atoms with van der Waals surface area (Å²) in [5.41, 5.74) is 7.23. The summed E-state index contributed by atoms with van der Waals surface area (Å²) in [6.45, 7) is 6.43. The molecule has 2 heterocycles. The maximum atomic E-state index is 5.95. The second kappa shape index (κ2) is 5.73. The molecule has 0 atom stereocenters. The third kappa shape index (κ3) is 2.53. The fourth-order valence-electron chi connectivity index (χ4n) is 2.31. The SMILES string of the molecule is CCOC1(c2ncc(C)c(CN)n2)CCOCC1. The van der Waals surface area contributed by atoms with Gasteiger partial charge in [-0.05, 0) is 19.4 Å². The van der Waals surface area contributed by atoms with E-state index in [0.717, 1.165) is 29.9 Å². The monoisotopic (exact) mass is 251 g/mol. The maximum absolute atomic E-state index is 5.95. The van der Waals surface area contributed by atoms with Gasteiger partial charge in [0.15, 0.2) is 5.82 Å². The van der Waals surface area contributed by atoms with Crippen LogP contribution in [0.5, 0.6) is 0 Å². The van der Waals surface area contributed by atoms with Crippen molar-refractivity contribution < 1.29 is 9.47 Å². The first-order valence-corrected chi connectivity index (χ1v) is 6.46. The standard InChI is InChI=1S/C13H21N3O2/c1-3-18-13(4-6-17-7-5-13)12-15-9-10(2)11(8-14)16-12/h9H,3-8,14H2,1-2H3. The zero-order valence-corrected chi connectivity index (χ0v) is 11.1. The number of nitrogens with zero attached hydrogens (tertiary/aromatic N) is 2. The molecule has 5 nitrogen and oxygen atoms in total. The van der Waals surface area contributed by atoms with E-state index in [2.05, 4.69) is 9.97 Å². The van der Waals surface area contributed by atoms with Crippen molar-refractivity contribution in [2.24, 2.45) is 5.73 Å². The molecule has 2 rings (SSSR count). The molecule has 5 heteroatoms. The first kappa shape index (κ1) is 13.4. The average molecular weight is 251 g/mol. The van der Waals surface area contributed by atoms with E-state index < -0.39 is 5.60 Å². The summed E-state index contributed by atoms with van der Waals surface area (Å²) in [7, 11) is 0. The fraction of sp³-hybridized carbons (Fsp3) is 0.692. The van der Waals surface area contributed by atoms with Gasteiger partial charge in [-0.2, -0.15) is 0 Å². The van der Waals surface area contributed by atoms with Crippen LogP contribution in [0.15, 0.2) is 6.20 Å². The Kier molecular flexibility index (Phi) is 4.27. The van der Waals surface area contributed by atoms with Crippen molar-refractivity contribution in [2.75, 3.05) is 19.8 Å². The summed E-state index contributed by atoms with van der Waals surface area (Å²) in [6, 6.07) is 0. The van der Waals surface area contributed by atoms with Gasteiger partial charge in [-0.15, -0.1) is 0 Å². The molecule has 1 aliphatic heterocycles. The van der Waals surface area contributed by atoms with Crippen molar-refractivity contribution in [1.29, 1.82) is 0 Å². The topological polar surface area (TPSA) is 70.3 Å². The van der Waals surface area contributed by atoms with Gasteiger partial charge in [0.05, 0.1) is 5.69 Å². The summed E-state index contributed by atoms with van der Waals surface area (Å²) < 4.78 is 11.4. The van der Waals surface area contributed by atoms with Crippen molar-refractivity contribution in [3.63, 3.8) is 0 Å². The van der Waals surface area contributed by atoms with Crippen molar-refractivity contribution in [2.45, 2.75) is 38.8 Å². The fourth-order valence-corrected chi connectivity index (χ4v) is 2.31. The van der Waals surface area contributed by atoms with Crippen LogP contribution in [0.25, 0.3) is 0 Å². The third-order valence-corrected chi connectivity index (χ3v) is 3.40. The van der Waals surface area contributed by atoms with Crippen LogP contribution in [0.2, 0.25) is 0 Å². The molecule has 18 heavy (non-hydrogen) atoms. The van der Waals surface area contributed by atoms with Gasteiger partial charge < -0.3 is 15.2 Å². The lowest BCUT2D eigenvalue weighted by Crippen LogP contribution is -2.38. The molecule has 0 unspecified atom stereocenters. The van der Waals surface area contributed by atoms with E-state index in [0.29, 0.717) is 26.4 Å². The van der Waals surface area contributed by atoms with Crippen LogP contribution in [0.1, 0.15) is 36.8 Å². The molecular formula is C13H21N3O2. The van der Waals surface area contributed by atoms with Crippen LogP contribution in [0.3, 0.4) is 0 Å². The Labute approximate surface area is 108 Å². The van der Waals surface area contributed by atoms with E-state index in [1.54, 1.807) is 0 Å². The van der Waals surface area contributed by atoms with Crippen molar-refractivity contribution in [1.82, 2.24) is 9.97 Å². The Morgan fingerprint density at radius 1 is 1.44 bits per heavy atom. The van der Waals surface area contributed by atoms with Crippen LogP contribution < -0.4 is 5.73 Å². The Bertz CT molecular complexity index is 398. The zero-order chi connectivity index (χ0) is 13.0. The predicted molar refractivity (Wildman–Crippen MR) is 68.0 cm³/mol. The molecule has 0 bridgehead atoms. The minimum atomic E-state index is -0.398. The molecular weight excluding hydrogens is 230 g/mol. The number of hydrogen-bond donors (Lipinski definition) is 1. The lowest BCUT2D eigenvalue weighted by atomic mass is 9.92. The first-order valence-electron chi connectivity index (χ1n) is 6.46. The van der Waals surface area contributed by atoms with Crippen LogP contribution in [-0.2, 0) is 21.6 Å². The van der Waals surface area contributed by atoms with Gasteiger partial charge in [-0.1, -0.05) is 0 Å². The molecule has 1 aromatic rings. The number of rotatable bonds is 4. The highest BCUT2D eigenvalue weighted by Gasteiger charge is 2.38. The lowest BCUT2D eigenvalue weighted by molar-refractivity contribution is -0.118. The number of nitrogens with two attached hydrogens (primary N) is 1. The summed E-state index contributed by atoms with van der Waals surface area (Å²) in [4.78, 5) is 9.04. The Morgan fingerprint density at radius 2 is 2.17 bits per heavy atom. The number of aromatic nitrogens is 2. The highest BCUT2D eigenvalue weighted by Crippen LogP contribution is 2.34. The summed E-state index contributed by atoms with van der Waals surface area (Å²) in [5, 5.41) is 0. The molecule has 1 saturated heterocycles. The Morgan fingerprint density at radius 3 is 2.78 bits per heavy atom. The number of aryl methyl sites for hydroxylation is 1. The van der Waals surface area contributed by atoms with Gasteiger partial charge in [0, 0.05) is 45.4 Å². The van der Waals surface area contributed by atoms with Gasteiger partial charge >= 0.3 is 0 Å². The van der Waals surface area contributed by atoms with Crippen molar-refractivity contribution in [3.8, 4) is 0 Å². The van der Waals surface area contributed by atoms with Gasteiger partial charge in [0.1, 0.15) is 5.60 Å². The van der Waals surface area contributed by atoms with E-state index in [9.17, 15) is 0 Å². The minimum Gasteiger partial charge on any atom is -0.381 e. The van der Waals surface area contributed by atoms with Gasteiger partial charge in [0.2, 0.25) is 0 Å². The van der Waals surface area contributed by atoms with Crippen molar-refractivity contribution >= 4 is 0 Å². The molecule has 0 aliphatic carbocycles. The van der Waals surface area contributed by atoms with Gasteiger partial charge in [-0.3, -0.25) is 0 Å². The summed E-state index contributed by atoms with van der Waals surface area (Å²) in [5.74, 6) is 0.749. The number of ether oxygens (including phenoxy) is 2. The van der Waals surface area contributed by atoms with E-state index in [1.165, 1.54) is 0 Å². The molecule has 0 radical (unpaired) electrons. The first-order chi connectivity index (χ1) is 8.72. The van der Waals surface area contributed by atoms with E-state index in [-0.39, 0.29) is 0 Å². The normalized spacial score (nSPS) is 18.8. The molecule has 0 saturated carbocycles. The van der Waals surface area contributed by atoms with Crippen LogP contribution in [0, 0.1) is 6.92 Å². The van der Waals surface area contributed by atoms with Gasteiger partial charge in [0.25, 0.3) is 0 Å². The molecule has 1 fully saturated rings. The molecule has 1 aliphatic rings. The Hall–Kier alpha value is -1.04. The van der Waals surface area contributed by atoms with E-state index >= 15 is 0 Å². The summed E-state index contributed by atoms with van der Waals surface area (Å²) in [6.07, 6.45) is 3.43. The molecule has 100 valence electrons. The predicted octanol–water partition coefficient (Wildman–Crippen LogP) is 1.29. The van der Waals surface area contributed by atoms with Crippen LogP contribution in [-0.4, -0.2) is 29.8 Å². The quantitative estimate of drug-likeness (QED) is 0.873. The molecule has 0 amide bonds. The molecule has 2 N–H and O–H groups in total. The van der Waals surface area contributed by atoms with E-state index in [1.807, 2.05) is 20.0 Å². The van der Waals surface area contributed by atoms with Gasteiger partial charge in [-0.25, -0.2) is 9.97 Å². The minimum absolute atomic E-state index is 0.398. The molecule has 1 aromatic heterocycles.